The van der Waals surface area contributed by atoms with Crippen LogP contribution in [0.3, 0.4) is 0 Å². The third-order valence-corrected chi connectivity index (χ3v) is 3.57. The standard InChI is InChI=1S/C14H26N2O4/c1-4-15-14(18)11(2)16(8-7-13(17)19-3)10-12-6-5-9-20-12/h11-12H,4-10H2,1-3H3,(H,15,18). The molecule has 0 bridgehead atoms. The highest BCUT2D eigenvalue weighted by Gasteiger charge is 2.26. The van der Waals surface area contributed by atoms with Crippen LogP contribution in [-0.4, -0.2) is 62.3 Å². The summed E-state index contributed by atoms with van der Waals surface area (Å²) < 4.78 is 10.3. The van der Waals surface area contributed by atoms with E-state index in [0.29, 0.717) is 19.6 Å². The molecule has 0 aromatic heterocycles. The SMILES string of the molecule is CCNC(=O)C(C)N(CCC(=O)OC)CC1CCCO1. The largest absolute Gasteiger partial charge is 0.469 e. The molecule has 2 unspecified atom stereocenters. The maximum atomic E-state index is 12.0. The van der Waals surface area contributed by atoms with Gasteiger partial charge in [0.05, 0.1) is 25.7 Å². The van der Waals surface area contributed by atoms with Crippen molar-refractivity contribution in [2.24, 2.45) is 0 Å². The van der Waals surface area contributed by atoms with Gasteiger partial charge in [-0.25, -0.2) is 0 Å². The third kappa shape index (κ3) is 5.46. The van der Waals surface area contributed by atoms with E-state index in [1.54, 1.807) is 0 Å². The molecule has 1 N–H and O–H groups in total. The van der Waals surface area contributed by atoms with Crippen LogP contribution in [0.2, 0.25) is 0 Å². The second-order valence-corrected chi connectivity index (χ2v) is 5.03. The van der Waals surface area contributed by atoms with Crippen molar-refractivity contribution >= 4 is 11.9 Å². The Morgan fingerprint density at radius 3 is 2.80 bits per heavy atom. The summed E-state index contributed by atoms with van der Waals surface area (Å²) in [5.74, 6) is -0.277. The third-order valence-electron chi connectivity index (χ3n) is 3.57. The van der Waals surface area contributed by atoms with Crippen LogP contribution in [0.4, 0.5) is 0 Å². The van der Waals surface area contributed by atoms with Crippen LogP contribution in [0.15, 0.2) is 0 Å². The molecule has 0 aromatic carbocycles. The molecule has 1 rings (SSSR count). The Morgan fingerprint density at radius 1 is 1.50 bits per heavy atom. The number of hydrogen-bond donors (Lipinski definition) is 1. The number of hydrogen-bond acceptors (Lipinski definition) is 5. The molecule has 1 fully saturated rings. The molecule has 0 saturated carbocycles. The Labute approximate surface area is 120 Å². The fourth-order valence-electron chi connectivity index (χ4n) is 2.32. The van der Waals surface area contributed by atoms with Gasteiger partial charge in [-0.05, 0) is 26.7 Å². The van der Waals surface area contributed by atoms with Crippen LogP contribution in [0.25, 0.3) is 0 Å². The Bertz CT molecular complexity index is 316. The molecule has 116 valence electrons. The normalized spacial score (nSPS) is 19.9. The van der Waals surface area contributed by atoms with Crippen molar-refractivity contribution in [3.05, 3.63) is 0 Å². The van der Waals surface area contributed by atoms with Gasteiger partial charge >= 0.3 is 5.97 Å². The van der Waals surface area contributed by atoms with Crippen LogP contribution in [0.1, 0.15) is 33.1 Å². The van der Waals surface area contributed by atoms with Gasteiger partial charge in [0, 0.05) is 26.2 Å². The highest BCUT2D eigenvalue weighted by Crippen LogP contribution is 2.15. The average molecular weight is 286 g/mol. The Balaban J connectivity index is 2.56. The zero-order valence-corrected chi connectivity index (χ0v) is 12.7. The summed E-state index contributed by atoms with van der Waals surface area (Å²) in [6.45, 7) is 6.32. The van der Waals surface area contributed by atoms with Crippen molar-refractivity contribution in [2.45, 2.75) is 45.3 Å². The first kappa shape index (κ1) is 16.9. The summed E-state index contributed by atoms with van der Waals surface area (Å²) in [6, 6.07) is -0.274. The molecule has 1 heterocycles. The van der Waals surface area contributed by atoms with E-state index >= 15 is 0 Å². The lowest BCUT2D eigenvalue weighted by Gasteiger charge is -2.29. The quantitative estimate of drug-likeness (QED) is 0.660. The van der Waals surface area contributed by atoms with Crippen LogP contribution in [0.5, 0.6) is 0 Å². The van der Waals surface area contributed by atoms with Crippen molar-refractivity contribution < 1.29 is 19.1 Å². The van der Waals surface area contributed by atoms with Crippen molar-refractivity contribution in [3.63, 3.8) is 0 Å². The molecule has 0 aliphatic carbocycles. The number of rotatable bonds is 8. The molecule has 0 spiro atoms. The highest BCUT2D eigenvalue weighted by molar-refractivity contribution is 5.81. The van der Waals surface area contributed by atoms with Gasteiger partial charge in [-0.3, -0.25) is 14.5 Å². The predicted octanol–water partition coefficient (Wildman–Crippen LogP) is 0.555. The number of amides is 1. The number of methoxy groups -OCH3 is 1. The number of carbonyl (C=O) groups excluding carboxylic acids is 2. The lowest BCUT2D eigenvalue weighted by atomic mass is 10.1. The monoisotopic (exact) mass is 286 g/mol. The van der Waals surface area contributed by atoms with Gasteiger partial charge in [-0.15, -0.1) is 0 Å². The van der Waals surface area contributed by atoms with Gasteiger partial charge in [0.2, 0.25) is 5.91 Å². The van der Waals surface area contributed by atoms with Crippen molar-refractivity contribution in [2.75, 3.05) is 33.4 Å². The molecule has 1 aliphatic heterocycles. The Kier molecular flexibility index (Phi) is 7.54. The van der Waals surface area contributed by atoms with Gasteiger partial charge in [0.15, 0.2) is 0 Å². The first-order valence-corrected chi connectivity index (χ1v) is 7.28. The number of ether oxygens (including phenoxy) is 2. The molecular weight excluding hydrogens is 260 g/mol. The van der Waals surface area contributed by atoms with E-state index in [9.17, 15) is 9.59 Å². The van der Waals surface area contributed by atoms with Gasteiger partial charge in [-0.1, -0.05) is 0 Å². The molecule has 1 aliphatic rings. The zero-order valence-electron chi connectivity index (χ0n) is 12.7. The first-order chi connectivity index (χ1) is 9.58. The second-order valence-electron chi connectivity index (χ2n) is 5.03. The Morgan fingerprint density at radius 2 is 2.25 bits per heavy atom. The maximum Gasteiger partial charge on any atom is 0.306 e. The topological polar surface area (TPSA) is 67.9 Å². The van der Waals surface area contributed by atoms with E-state index in [0.717, 1.165) is 19.4 Å². The predicted molar refractivity (Wildman–Crippen MR) is 75.3 cm³/mol. The molecule has 2 atom stereocenters. The number of nitrogens with one attached hydrogen (secondary N) is 1. The molecule has 0 radical (unpaired) electrons. The lowest BCUT2D eigenvalue weighted by Crippen LogP contribution is -2.48. The maximum absolute atomic E-state index is 12.0. The molecule has 20 heavy (non-hydrogen) atoms. The summed E-state index contributed by atoms with van der Waals surface area (Å²) >= 11 is 0. The second kappa shape index (κ2) is 8.92. The van der Waals surface area contributed by atoms with Crippen LogP contribution < -0.4 is 5.32 Å². The minimum absolute atomic E-state index is 0.0182. The van der Waals surface area contributed by atoms with Gasteiger partial charge < -0.3 is 14.8 Å². The minimum Gasteiger partial charge on any atom is -0.469 e. The van der Waals surface area contributed by atoms with Crippen molar-refractivity contribution in [3.8, 4) is 0 Å². The molecule has 6 heteroatoms. The van der Waals surface area contributed by atoms with Gasteiger partial charge in [0.1, 0.15) is 0 Å². The molecule has 1 saturated heterocycles. The number of likely N-dealkylation sites (N-methyl/N-ethyl adjacent to an activating group) is 1. The van der Waals surface area contributed by atoms with E-state index in [1.165, 1.54) is 7.11 Å². The fraction of sp³-hybridized carbons (Fsp3) is 0.857. The van der Waals surface area contributed by atoms with Crippen LogP contribution >= 0.6 is 0 Å². The number of carbonyl (C=O) groups is 2. The number of nitrogens with zero attached hydrogens (tertiary/aromatic N) is 1. The summed E-state index contributed by atoms with van der Waals surface area (Å²) in [6.07, 6.45) is 2.51. The Hall–Kier alpha value is -1.14. The average Bonchev–Trinajstić information content (AvgIpc) is 2.95. The van der Waals surface area contributed by atoms with Gasteiger partial charge in [-0.2, -0.15) is 0 Å². The van der Waals surface area contributed by atoms with Crippen molar-refractivity contribution in [1.29, 1.82) is 0 Å². The molecular formula is C14H26N2O4. The van der Waals surface area contributed by atoms with Crippen LogP contribution in [-0.2, 0) is 19.1 Å². The van der Waals surface area contributed by atoms with Gasteiger partial charge in [0.25, 0.3) is 0 Å². The minimum atomic E-state index is -0.274. The van der Waals surface area contributed by atoms with E-state index in [1.807, 2.05) is 18.7 Å². The first-order valence-electron chi connectivity index (χ1n) is 7.28. The highest BCUT2D eigenvalue weighted by atomic mass is 16.5. The molecule has 0 aromatic rings. The lowest BCUT2D eigenvalue weighted by molar-refractivity contribution is -0.141. The van der Waals surface area contributed by atoms with Crippen LogP contribution in [0, 0.1) is 0 Å². The van der Waals surface area contributed by atoms with E-state index in [4.69, 9.17) is 4.74 Å². The summed E-state index contributed by atoms with van der Waals surface area (Å²) in [7, 11) is 1.37. The smallest absolute Gasteiger partial charge is 0.306 e. The molecule has 6 nitrogen and oxygen atoms in total. The van der Waals surface area contributed by atoms with E-state index in [2.05, 4.69) is 10.1 Å². The summed E-state index contributed by atoms with van der Waals surface area (Å²) in [5, 5.41) is 2.81. The van der Waals surface area contributed by atoms with Crippen molar-refractivity contribution in [1.82, 2.24) is 10.2 Å². The van der Waals surface area contributed by atoms with E-state index < -0.39 is 0 Å². The summed E-state index contributed by atoms with van der Waals surface area (Å²) in [4.78, 5) is 25.3. The summed E-state index contributed by atoms with van der Waals surface area (Å²) in [5.41, 5.74) is 0. The fourth-order valence-corrected chi connectivity index (χ4v) is 2.32. The van der Waals surface area contributed by atoms with E-state index in [-0.39, 0.29) is 30.4 Å². The number of esters is 1. The molecule has 1 amide bonds. The zero-order chi connectivity index (χ0) is 15.0.